The van der Waals surface area contributed by atoms with Crippen LogP contribution in [0.3, 0.4) is 0 Å². The molecule has 0 spiro atoms. The first-order valence-corrected chi connectivity index (χ1v) is 9.09. The molecular weight excluding hydrogens is 359 g/mol. The first-order valence-electron chi connectivity index (χ1n) is 8.33. The lowest BCUT2D eigenvalue weighted by atomic mass is 9.94. The van der Waals surface area contributed by atoms with Crippen molar-refractivity contribution in [1.82, 2.24) is 9.88 Å². The summed E-state index contributed by atoms with van der Waals surface area (Å²) in [7, 11) is 0. The van der Waals surface area contributed by atoms with Crippen molar-refractivity contribution in [3.05, 3.63) is 63.4 Å². The topological polar surface area (TPSA) is 53.4 Å². The summed E-state index contributed by atoms with van der Waals surface area (Å²) in [6, 6.07) is 8.60. The molecule has 2 heterocycles. The van der Waals surface area contributed by atoms with Crippen molar-refractivity contribution < 1.29 is 9.90 Å². The summed E-state index contributed by atoms with van der Waals surface area (Å²) in [5.74, 6) is -0.795. The van der Waals surface area contributed by atoms with Crippen LogP contribution in [0.5, 0.6) is 0 Å². The number of halogens is 2. The van der Waals surface area contributed by atoms with Gasteiger partial charge in [0.15, 0.2) is 0 Å². The van der Waals surface area contributed by atoms with E-state index in [1.54, 1.807) is 12.3 Å². The average molecular weight is 379 g/mol. The fraction of sp³-hybridized carbons (Fsp3) is 0.368. The van der Waals surface area contributed by atoms with Crippen LogP contribution in [0.15, 0.2) is 36.5 Å². The normalized spacial score (nSPS) is 19.6. The van der Waals surface area contributed by atoms with E-state index in [9.17, 15) is 9.90 Å². The molecule has 6 heteroatoms. The summed E-state index contributed by atoms with van der Waals surface area (Å²) >= 11 is 12.3. The van der Waals surface area contributed by atoms with Gasteiger partial charge in [-0.15, -0.1) is 0 Å². The third-order valence-corrected chi connectivity index (χ3v) is 5.37. The summed E-state index contributed by atoms with van der Waals surface area (Å²) in [5, 5.41) is 10.6. The van der Waals surface area contributed by atoms with Gasteiger partial charge in [0.1, 0.15) is 6.04 Å². The van der Waals surface area contributed by atoms with Gasteiger partial charge >= 0.3 is 5.97 Å². The predicted octanol–water partition coefficient (Wildman–Crippen LogP) is 4.73. The number of aliphatic carboxylic acids is 1. The maximum absolute atomic E-state index is 11.8. The van der Waals surface area contributed by atoms with Gasteiger partial charge in [-0.25, -0.2) is 0 Å². The Balaban J connectivity index is 2.08. The van der Waals surface area contributed by atoms with E-state index in [-0.39, 0.29) is 6.04 Å². The van der Waals surface area contributed by atoms with Crippen LogP contribution in [-0.2, 0) is 4.79 Å². The number of benzene rings is 1. The fourth-order valence-corrected chi connectivity index (χ4v) is 3.69. The second kappa shape index (κ2) is 7.73. The molecule has 1 saturated heterocycles. The van der Waals surface area contributed by atoms with Gasteiger partial charge in [0.2, 0.25) is 0 Å². The van der Waals surface area contributed by atoms with Gasteiger partial charge in [0.25, 0.3) is 0 Å². The second-order valence-corrected chi connectivity index (χ2v) is 7.24. The highest BCUT2D eigenvalue weighted by atomic mass is 35.5. The minimum atomic E-state index is -0.795. The molecule has 1 aromatic heterocycles. The number of rotatable bonds is 4. The summed E-state index contributed by atoms with van der Waals surface area (Å²) in [4.78, 5) is 18.4. The molecule has 0 bridgehead atoms. The highest BCUT2D eigenvalue weighted by Crippen LogP contribution is 2.35. The van der Waals surface area contributed by atoms with Gasteiger partial charge in [-0.3, -0.25) is 14.7 Å². The van der Waals surface area contributed by atoms with Crippen LogP contribution >= 0.6 is 23.2 Å². The number of hydrogen-bond acceptors (Lipinski definition) is 3. The molecule has 1 aliphatic heterocycles. The van der Waals surface area contributed by atoms with Gasteiger partial charge in [-0.05, 0) is 55.6 Å². The molecule has 1 N–H and O–H groups in total. The average Bonchev–Trinajstić information content (AvgIpc) is 2.60. The first-order chi connectivity index (χ1) is 12.0. The van der Waals surface area contributed by atoms with E-state index >= 15 is 0 Å². The Morgan fingerprint density at radius 2 is 2.04 bits per heavy atom. The third kappa shape index (κ3) is 3.97. The number of piperidine rings is 1. The zero-order chi connectivity index (χ0) is 18.0. The number of aryl methyl sites for hydroxylation is 1. The summed E-state index contributed by atoms with van der Waals surface area (Å²) < 4.78 is 0. The van der Waals surface area contributed by atoms with Crippen LogP contribution < -0.4 is 0 Å². The van der Waals surface area contributed by atoms with Crippen molar-refractivity contribution in [2.75, 3.05) is 6.54 Å². The summed E-state index contributed by atoms with van der Waals surface area (Å²) in [5.41, 5.74) is 2.78. The zero-order valence-electron chi connectivity index (χ0n) is 14.0. The van der Waals surface area contributed by atoms with E-state index in [4.69, 9.17) is 23.2 Å². The van der Waals surface area contributed by atoms with Crippen LogP contribution in [-0.4, -0.2) is 33.5 Å². The first kappa shape index (κ1) is 18.2. The van der Waals surface area contributed by atoms with Gasteiger partial charge in [-0.1, -0.05) is 41.8 Å². The standard InChI is InChI=1S/C19H20Cl2N2O2/c1-12-5-8-16(22-11-12)18(13-6-7-14(20)15(21)10-13)23-9-3-2-4-17(23)19(24)25/h5-8,10-11,17-18H,2-4,9H2,1H3,(H,24,25). The van der Waals surface area contributed by atoms with Crippen LogP contribution in [0.1, 0.15) is 42.1 Å². The Hall–Kier alpha value is -1.62. The van der Waals surface area contributed by atoms with Crippen LogP contribution in [0.25, 0.3) is 0 Å². The van der Waals surface area contributed by atoms with Crippen molar-refractivity contribution in [2.24, 2.45) is 0 Å². The molecule has 1 aliphatic rings. The largest absolute Gasteiger partial charge is 0.480 e. The van der Waals surface area contributed by atoms with Crippen molar-refractivity contribution in [3.8, 4) is 0 Å². The highest BCUT2D eigenvalue weighted by Gasteiger charge is 2.35. The van der Waals surface area contributed by atoms with Crippen LogP contribution in [0.4, 0.5) is 0 Å². The smallest absolute Gasteiger partial charge is 0.320 e. The Kier molecular flexibility index (Phi) is 5.62. The van der Waals surface area contributed by atoms with E-state index in [0.29, 0.717) is 23.0 Å². The Labute approximate surface area is 157 Å². The maximum Gasteiger partial charge on any atom is 0.320 e. The Bertz CT molecular complexity index is 765. The number of hydrogen-bond donors (Lipinski definition) is 1. The number of nitrogens with zero attached hydrogens (tertiary/aromatic N) is 2. The molecule has 2 atom stereocenters. The monoisotopic (exact) mass is 378 g/mol. The van der Waals surface area contributed by atoms with E-state index in [1.807, 2.05) is 36.1 Å². The molecule has 0 aliphatic carbocycles. The maximum atomic E-state index is 11.8. The highest BCUT2D eigenvalue weighted by molar-refractivity contribution is 6.42. The number of aromatic nitrogens is 1. The number of carboxylic acid groups (broad SMARTS) is 1. The molecule has 3 rings (SSSR count). The van der Waals surface area contributed by atoms with Crippen LogP contribution in [0, 0.1) is 6.92 Å². The van der Waals surface area contributed by atoms with Gasteiger partial charge < -0.3 is 5.11 Å². The molecule has 0 saturated carbocycles. The Morgan fingerprint density at radius 3 is 2.68 bits per heavy atom. The van der Waals surface area contributed by atoms with Crippen molar-refractivity contribution >= 4 is 29.2 Å². The minimum Gasteiger partial charge on any atom is -0.480 e. The second-order valence-electron chi connectivity index (χ2n) is 6.42. The van der Waals surface area contributed by atoms with E-state index < -0.39 is 12.0 Å². The molecule has 25 heavy (non-hydrogen) atoms. The quantitative estimate of drug-likeness (QED) is 0.835. The molecule has 4 nitrogen and oxygen atoms in total. The summed E-state index contributed by atoms with van der Waals surface area (Å²) in [6.07, 6.45) is 4.33. The van der Waals surface area contributed by atoms with Crippen molar-refractivity contribution in [3.63, 3.8) is 0 Å². The lowest BCUT2D eigenvalue weighted by molar-refractivity contribution is -0.145. The number of likely N-dealkylation sites (tertiary alicyclic amines) is 1. The molecule has 0 radical (unpaired) electrons. The van der Waals surface area contributed by atoms with E-state index in [1.165, 1.54) is 0 Å². The van der Waals surface area contributed by atoms with E-state index in [2.05, 4.69) is 4.98 Å². The molecule has 0 amide bonds. The fourth-order valence-electron chi connectivity index (χ4n) is 3.38. The molecule has 132 valence electrons. The molecule has 2 aromatic rings. The number of carboxylic acids is 1. The molecule has 1 fully saturated rings. The van der Waals surface area contributed by atoms with Gasteiger partial charge in [0.05, 0.1) is 21.8 Å². The number of pyridine rings is 1. The lowest BCUT2D eigenvalue weighted by Gasteiger charge is -2.39. The molecular formula is C19H20Cl2N2O2. The van der Waals surface area contributed by atoms with Crippen molar-refractivity contribution in [2.45, 2.75) is 38.3 Å². The SMILES string of the molecule is Cc1ccc(C(c2ccc(Cl)c(Cl)c2)N2CCCCC2C(=O)O)nc1. The third-order valence-electron chi connectivity index (χ3n) is 4.63. The minimum absolute atomic E-state index is 0.267. The Morgan fingerprint density at radius 1 is 1.24 bits per heavy atom. The molecule has 1 aromatic carbocycles. The van der Waals surface area contributed by atoms with Crippen LogP contribution in [0.2, 0.25) is 10.0 Å². The summed E-state index contributed by atoms with van der Waals surface area (Å²) in [6.45, 7) is 2.68. The molecule has 2 unspecified atom stereocenters. The van der Waals surface area contributed by atoms with Gasteiger partial charge in [-0.2, -0.15) is 0 Å². The van der Waals surface area contributed by atoms with Gasteiger partial charge in [0, 0.05) is 6.20 Å². The lowest BCUT2D eigenvalue weighted by Crippen LogP contribution is -2.47. The number of carbonyl (C=O) groups is 1. The predicted molar refractivity (Wildman–Crippen MR) is 99.3 cm³/mol. The van der Waals surface area contributed by atoms with Crippen molar-refractivity contribution in [1.29, 1.82) is 0 Å². The van der Waals surface area contributed by atoms with E-state index in [0.717, 1.165) is 29.7 Å². The zero-order valence-corrected chi connectivity index (χ0v) is 15.5.